The minimum Gasteiger partial charge on any atom is -0.496 e. The Balaban J connectivity index is 2.92. The number of ether oxygens (including phenoxy) is 2. The van der Waals surface area contributed by atoms with E-state index in [1.54, 1.807) is 14.2 Å². The summed E-state index contributed by atoms with van der Waals surface area (Å²) in [5.74, 6) is 2.10. The van der Waals surface area contributed by atoms with E-state index in [2.05, 4.69) is 19.9 Å². The Morgan fingerprint density at radius 2 is 1.64 bits per heavy atom. The van der Waals surface area contributed by atoms with Crippen LogP contribution in [0.4, 0.5) is 0 Å². The second-order valence-corrected chi connectivity index (χ2v) is 3.72. The summed E-state index contributed by atoms with van der Waals surface area (Å²) in [5, 5.41) is 0. The zero-order chi connectivity index (χ0) is 10.6. The van der Waals surface area contributed by atoms with Gasteiger partial charge in [-0.25, -0.2) is 0 Å². The first-order valence-electron chi connectivity index (χ1n) is 4.80. The van der Waals surface area contributed by atoms with Crippen LogP contribution in [-0.4, -0.2) is 14.2 Å². The van der Waals surface area contributed by atoms with Gasteiger partial charge in [-0.2, -0.15) is 0 Å². The highest BCUT2D eigenvalue weighted by Crippen LogP contribution is 2.23. The van der Waals surface area contributed by atoms with Crippen molar-refractivity contribution in [2.45, 2.75) is 20.3 Å². The summed E-state index contributed by atoms with van der Waals surface area (Å²) in [6.07, 6.45) is 1.03. The van der Waals surface area contributed by atoms with Gasteiger partial charge in [-0.05, 0) is 30.0 Å². The van der Waals surface area contributed by atoms with Crippen LogP contribution >= 0.6 is 0 Å². The fraction of sp³-hybridized carbons (Fsp3) is 0.500. The molecule has 14 heavy (non-hydrogen) atoms. The lowest BCUT2D eigenvalue weighted by Gasteiger charge is -2.09. The van der Waals surface area contributed by atoms with Crippen LogP contribution in [0.3, 0.4) is 0 Å². The van der Waals surface area contributed by atoms with E-state index in [4.69, 9.17) is 9.47 Å². The molecule has 77 valence electrons. The van der Waals surface area contributed by atoms with E-state index in [9.17, 15) is 0 Å². The number of hydrogen-bond donors (Lipinski definition) is 0. The summed E-state index contributed by atoms with van der Waals surface area (Å²) in [7, 11) is 3.29. The monoisotopic (exact) mass is 193 g/mol. The molecule has 0 bridgehead atoms. The van der Waals surface area contributed by atoms with Crippen LogP contribution < -0.4 is 9.47 Å². The maximum atomic E-state index is 5.14. The molecule has 0 aliphatic rings. The van der Waals surface area contributed by atoms with E-state index in [-0.39, 0.29) is 0 Å². The molecule has 1 radical (unpaired) electrons. The van der Waals surface area contributed by atoms with E-state index in [0.717, 1.165) is 17.9 Å². The first-order chi connectivity index (χ1) is 6.65. The van der Waals surface area contributed by atoms with Crippen molar-refractivity contribution in [3.05, 3.63) is 23.8 Å². The Kier molecular flexibility index (Phi) is 3.81. The molecule has 1 aromatic rings. The van der Waals surface area contributed by atoms with E-state index >= 15 is 0 Å². The van der Waals surface area contributed by atoms with Gasteiger partial charge in [0.1, 0.15) is 11.5 Å². The lowest BCUT2D eigenvalue weighted by molar-refractivity contribution is 0.391. The maximum Gasteiger partial charge on any atom is 0.130 e. The lowest BCUT2D eigenvalue weighted by atomic mass is 10.0. The molecule has 0 N–H and O–H groups in total. The summed E-state index contributed by atoms with van der Waals surface area (Å²) in [5.41, 5.74) is 1.23. The predicted molar refractivity (Wildman–Crippen MR) is 56.9 cm³/mol. The van der Waals surface area contributed by atoms with Gasteiger partial charge in [-0.3, -0.25) is 0 Å². The highest BCUT2D eigenvalue weighted by Gasteiger charge is 2.04. The van der Waals surface area contributed by atoms with Crippen LogP contribution in [0.5, 0.6) is 11.5 Å². The molecule has 2 nitrogen and oxygen atoms in total. The third-order valence-corrected chi connectivity index (χ3v) is 1.96. The van der Waals surface area contributed by atoms with Crippen LogP contribution in [0.1, 0.15) is 19.4 Å². The molecular weight excluding hydrogens is 176 g/mol. The first-order valence-corrected chi connectivity index (χ1v) is 4.80. The Morgan fingerprint density at radius 3 is 2.00 bits per heavy atom. The molecule has 2 heteroatoms. The largest absolute Gasteiger partial charge is 0.496 e. The number of rotatable bonds is 4. The summed E-state index contributed by atoms with van der Waals surface area (Å²) < 4.78 is 10.3. The quantitative estimate of drug-likeness (QED) is 0.732. The number of benzene rings is 1. The minimum absolute atomic E-state index is 0.631. The van der Waals surface area contributed by atoms with Gasteiger partial charge in [-0.1, -0.05) is 13.8 Å². The standard InChI is InChI=1S/C12H17O2/c1-9(2)5-10-6-11(13-3)8-12(7-10)14-4/h6-7,9H,5H2,1-4H3. The molecule has 0 aromatic heterocycles. The molecular formula is C12H17O2. The molecule has 1 rings (SSSR count). The maximum absolute atomic E-state index is 5.14. The zero-order valence-electron chi connectivity index (χ0n) is 9.26. The SMILES string of the molecule is COc1[c]c(OC)cc(CC(C)C)c1. The van der Waals surface area contributed by atoms with Crippen molar-refractivity contribution >= 4 is 0 Å². The Hall–Kier alpha value is -1.18. The van der Waals surface area contributed by atoms with Crippen molar-refractivity contribution in [3.8, 4) is 11.5 Å². The van der Waals surface area contributed by atoms with Gasteiger partial charge < -0.3 is 9.47 Å². The predicted octanol–water partition coefficient (Wildman–Crippen LogP) is 2.70. The van der Waals surface area contributed by atoms with Crippen LogP contribution in [-0.2, 0) is 6.42 Å². The molecule has 0 heterocycles. The molecule has 0 aliphatic carbocycles. The molecule has 0 fully saturated rings. The summed E-state index contributed by atoms with van der Waals surface area (Å²) >= 11 is 0. The third kappa shape index (κ3) is 2.95. The summed E-state index contributed by atoms with van der Waals surface area (Å²) in [6.45, 7) is 4.38. The van der Waals surface area contributed by atoms with Gasteiger partial charge in [-0.15, -0.1) is 0 Å². The van der Waals surface area contributed by atoms with Gasteiger partial charge in [0.25, 0.3) is 0 Å². The number of hydrogen-bond acceptors (Lipinski definition) is 2. The van der Waals surface area contributed by atoms with Gasteiger partial charge in [0.2, 0.25) is 0 Å². The van der Waals surface area contributed by atoms with Crippen LogP contribution in [0.25, 0.3) is 0 Å². The van der Waals surface area contributed by atoms with Crippen molar-refractivity contribution in [3.63, 3.8) is 0 Å². The van der Waals surface area contributed by atoms with Crippen molar-refractivity contribution in [2.75, 3.05) is 14.2 Å². The Morgan fingerprint density at radius 1 is 1.14 bits per heavy atom. The molecule has 0 amide bonds. The van der Waals surface area contributed by atoms with Crippen LogP contribution in [0, 0.1) is 12.0 Å². The summed E-state index contributed by atoms with van der Waals surface area (Å²) in [6, 6.07) is 7.02. The van der Waals surface area contributed by atoms with E-state index in [0.29, 0.717) is 5.92 Å². The highest BCUT2D eigenvalue weighted by atomic mass is 16.5. The highest BCUT2D eigenvalue weighted by molar-refractivity contribution is 5.37. The van der Waals surface area contributed by atoms with Gasteiger partial charge in [0.05, 0.1) is 20.3 Å². The minimum atomic E-state index is 0.631. The van der Waals surface area contributed by atoms with E-state index in [1.165, 1.54) is 5.56 Å². The molecule has 0 saturated heterocycles. The van der Waals surface area contributed by atoms with Crippen molar-refractivity contribution in [2.24, 2.45) is 5.92 Å². The van der Waals surface area contributed by atoms with Gasteiger partial charge in [0.15, 0.2) is 0 Å². The van der Waals surface area contributed by atoms with Gasteiger partial charge in [0, 0.05) is 0 Å². The van der Waals surface area contributed by atoms with E-state index < -0.39 is 0 Å². The average molecular weight is 193 g/mol. The topological polar surface area (TPSA) is 18.5 Å². The fourth-order valence-corrected chi connectivity index (χ4v) is 1.38. The lowest BCUT2D eigenvalue weighted by Crippen LogP contribution is -1.96. The molecule has 0 saturated carbocycles. The van der Waals surface area contributed by atoms with Crippen molar-refractivity contribution in [1.29, 1.82) is 0 Å². The molecule has 0 unspecified atom stereocenters. The number of methoxy groups -OCH3 is 2. The molecule has 0 atom stereocenters. The average Bonchev–Trinajstić information content (AvgIpc) is 2.16. The van der Waals surface area contributed by atoms with E-state index in [1.807, 2.05) is 12.1 Å². The van der Waals surface area contributed by atoms with Crippen LogP contribution in [0.2, 0.25) is 0 Å². The Bertz CT molecular complexity index is 270. The first kappa shape index (κ1) is 10.9. The zero-order valence-corrected chi connectivity index (χ0v) is 9.26. The fourth-order valence-electron chi connectivity index (χ4n) is 1.38. The summed E-state index contributed by atoms with van der Waals surface area (Å²) in [4.78, 5) is 0. The van der Waals surface area contributed by atoms with Crippen LogP contribution in [0.15, 0.2) is 12.1 Å². The molecule has 0 spiro atoms. The third-order valence-electron chi connectivity index (χ3n) is 1.96. The molecule has 1 aromatic carbocycles. The van der Waals surface area contributed by atoms with Crippen molar-refractivity contribution in [1.82, 2.24) is 0 Å². The second-order valence-electron chi connectivity index (χ2n) is 3.72. The Labute approximate surface area is 85.8 Å². The van der Waals surface area contributed by atoms with Gasteiger partial charge >= 0.3 is 0 Å². The molecule has 0 aliphatic heterocycles. The normalized spacial score (nSPS) is 10.4. The second kappa shape index (κ2) is 4.89. The smallest absolute Gasteiger partial charge is 0.130 e. The van der Waals surface area contributed by atoms with Crippen molar-refractivity contribution < 1.29 is 9.47 Å².